The maximum absolute atomic E-state index is 13.5. The zero-order valence-electron chi connectivity index (χ0n) is 14.0. The summed E-state index contributed by atoms with van der Waals surface area (Å²) in [5.41, 5.74) is -0.0235. The lowest BCUT2D eigenvalue weighted by Gasteiger charge is -2.16. The minimum Gasteiger partial charge on any atom is -0.397 e. The Kier molecular flexibility index (Phi) is 10.2. The third kappa shape index (κ3) is 7.99. The number of halogens is 3. The van der Waals surface area contributed by atoms with E-state index < -0.39 is 26.7 Å². The second-order valence-electron chi connectivity index (χ2n) is 5.62. The normalized spacial score (nSPS) is 11.4. The van der Waals surface area contributed by atoms with Crippen LogP contribution >= 0.6 is 0 Å². The highest BCUT2D eigenvalue weighted by Gasteiger charge is 2.14. The topological polar surface area (TPSA) is 18.5 Å². The molecular formula is C17H27F3O2Si. The first-order chi connectivity index (χ1) is 11.1. The van der Waals surface area contributed by atoms with E-state index in [2.05, 4.69) is 13.8 Å². The van der Waals surface area contributed by atoms with Crippen LogP contribution in [0.3, 0.4) is 0 Å². The molecule has 132 valence electrons. The molecule has 6 heteroatoms. The zero-order chi connectivity index (χ0) is 17.1. The van der Waals surface area contributed by atoms with Gasteiger partial charge in [0.1, 0.15) is 17.5 Å². The summed E-state index contributed by atoms with van der Waals surface area (Å²) >= 11 is 0. The van der Waals surface area contributed by atoms with Gasteiger partial charge in [-0.2, -0.15) is 0 Å². The molecule has 0 atom stereocenters. The van der Waals surface area contributed by atoms with E-state index in [1.54, 1.807) is 0 Å². The number of unbranched alkanes of at least 4 members (excludes halogenated alkanes) is 2. The van der Waals surface area contributed by atoms with Gasteiger partial charge in [-0.25, -0.2) is 13.2 Å². The van der Waals surface area contributed by atoms with Crippen molar-refractivity contribution in [2.24, 2.45) is 0 Å². The first kappa shape index (κ1) is 20.2. The van der Waals surface area contributed by atoms with E-state index in [9.17, 15) is 13.2 Å². The molecule has 0 aliphatic heterocycles. The number of hydrogen-bond donors (Lipinski definition) is 0. The van der Waals surface area contributed by atoms with Crippen molar-refractivity contribution in [2.45, 2.75) is 58.4 Å². The van der Waals surface area contributed by atoms with Crippen LogP contribution in [-0.4, -0.2) is 22.5 Å². The Morgan fingerprint density at radius 2 is 1.43 bits per heavy atom. The minimum absolute atomic E-state index is 0.0235. The SMILES string of the molecule is CCCO[SiH](CCCCCc1c(F)cc(F)cc1F)OCCC. The highest BCUT2D eigenvalue weighted by atomic mass is 28.3. The van der Waals surface area contributed by atoms with Crippen LogP contribution in [0.4, 0.5) is 13.2 Å². The summed E-state index contributed by atoms with van der Waals surface area (Å²) in [7, 11) is -1.61. The molecule has 2 nitrogen and oxygen atoms in total. The van der Waals surface area contributed by atoms with Gasteiger partial charge in [0.25, 0.3) is 0 Å². The molecule has 0 aliphatic carbocycles. The number of rotatable bonds is 12. The molecule has 1 rings (SSSR count). The van der Waals surface area contributed by atoms with Gasteiger partial charge >= 0.3 is 9.28 Å². The molecule has 1 aromatic rings. The smallest absolute Gasteiger partial charge is 0.321 e. The molecule has 0 fully saturated rings. The average Bonchev–Trinajstić information content (AvgIpc) is 2.50. The zero-order valence-corrected chi connectivity index (χ0v) is 15.2. The third-order valence-electron chi connectivity index (χ3n) is 3.49. The first-order valence-electron chi connectivity index (χ1n) is 8.45. The molecule has 0 bridgehead atoms. The molecule has 0 unspecified atom stereocenters. The van der Waals surface area contributed by atoms with Gasteiger partial charge in [0.05, 0.1) is 0 Å². The van der Waals surface area contributed by atoms with Crippen LogP contribution in [0.5, 0.6) is 0 Å². The van der Waals surface area contributed by atoms with Gasteiger partial charge in [-0.15, -0.1) is 0 Å². The van der Waals surface area contributed by atoms with Crippen molar-refractivity contribution in [2.75, 3.05) is 13.2 Å². The second-order valence-corrected chi connectivity index (χ2v) is 7.72. The summed E-state index contributed by atoms with van der Waals surface area (Å²) in [5, 5.41) is 0. The van der Waals surface area contributed by atoms with Crippen LogP contribution in [0.25, 0.3) is 0 Å². The van der Waals surface area contributed by atoms with Crippen LogP contribution < -0.4 is 0 Å². The number of hydrogen-bond acceptors (Lipinski definition) is 2. The lowest BCUT2D eigenvalue weighted by molar-refractivity contribution is 0.195. The van der Waals surface area contributed by atoms with Crippen molar-refractivity contribution in [1.29, 1.82) is 0 Å². The molecule has 0 N–H and O–H groups in total. The predicted molar refractivity (Wildman–Crippen MR) is 88.3 cm³/mol. The maximum atomic E-state index is 13.5. The molecule has 0 heterocycles. The molecule has 0 aromatic heterocycles. The van der Waals surface area contributed by atoms with E-state index in [0.717, 1.165) is 57.1 Å². The number of benzene rings is 1. The standard InChI is InChI=1S/C17H27F3O2Si/c1-3-9-21-23(22-10-4-2)11-7-5-6-8-15-16(19)12-14(18)13-17(15)20/h12-13,23H,3-11H2,1-2H3. The molecule has 0 saturated carbocycles. The minimum atomic E-state index is -1.61. The van der Waals surface area contributed by atoms with E-state index in [0.29, 0.717) is 6.42 Å². The fourth-order valence-corrected chi connectivity index (χ4v) is 4.36. The lowest BCUT2D eigenvalue weighted by Crippen LogP contribution is -2.23. The third-order valence-corrected chi connectivity index (χ3v) is 5.58. The first-order valence-corrected chi connectivity index (χ1v) is 10.2. The fraction of sp³-hybridized carbons (Fsp3) is 0.647. The van der Waals surface area contributed by atoms with Crippen LogP contribution in [0, 0.1) is 17.5 Å². The van der Waals surface area contributed by atoms with E-state index in [4.69, 9.17) is 8.85 Å². The van der Waals surface area contributed by atoms with Crippen molar-refractivity contribution >= 4 is 9.28 Å². The van der Waals surface area contributed by atoms with E-state index in [-0.39, 0.29) is 12.0 Å². The van der Waals surface area contributed by atoms with Crippen LogP contribution in [-0.2, 0) is 15.3 Å². The van der Waals surface area contributed by atoms with Gasteiger partial charge in [0.15, 0.2) is 0 Å². The Labute approximate surface area is 138 Å². The summed E-state index contributed by atoms with van der Waals surface area (Å²) in [4.78, 5) is 0. The van der Waals surface area contributed by atoms with Crippen LogP contribution in [0.2, 0.25) is 6.04 Å². The second kappa shape index (κ2) is 11.6. The Bertz CT molecular complexity index is 426. The van der Waals surface area contributed by atoms with Crippen molar-refractivity contribution in [3.63, 3.8) is 0 Å². The van der Waals surface area contributed by atoms with Crippen LogP contribution in [0.15, 0.2) is 12.1 Å². The summed E-state index contributed by atoms with van der Waals surface area (Å²) in [5.74, 6) is -2.47. The Balaban J connectivity index is 2.30. The van der Waals surface area contributed by atoms with Crippen molar-refractivity contribution in [3.05, 3.63) is 35.1 Å². The van der Waals surface area contributed by atoms with Crippen molar-refractivity contribution in [1.82, 2.24) is 0 Å². The quantitative estimate of drug-likeness (QED) is 0.395. The Hall–Kier alpha value is -0.853. The van der Waals surface area contributed by atoms with Crippen LogP contribution in [0.1, 0.15) is 51.5 Å². The van der Waals surface area contributed by atoms with Gasteiger partial charge in [0.2, 0.25) is 0 Å². The van der Waals surface area contributed by atoms with Gasteiger partial charge in [-0.1, -0.05) is 26.7 Å². The average molecular weight is 348 g/mol. The van der Waals surface area contributed by atoms with Gasteiger partial charge in [0, 0.05) is 30.9 Å². The van der Waals surface area contributed by atoms with Crippen molar-refractivity contribution in [3.8, 4) is 0 Å². The van der Waals surface area contributed by atoms with E-state index in [1.165, 1.54) is 0 Å². The summed E-state index contributed by atoms with van der Waals surface area (Å²) in [6.07, 6.45) is 4.68. The summed E-state index contributed by atoms with van der Waals surface area (Å²) < 4.78 is 51.4. The van der Waals surface area contributed by atoms with Crippen molar-refractivity contribution < 1.29 is 22.0 Å². The Morgan fingerprint density at radius 3 is 1.96 bits per heavy atom. The van der Waals surface area contributed by atoms with Gasteiger partial charge in [-0.05, 0) is 31.7 Å². The largest absolute Gasteiger partial charge is 0.397 e. The molecule has 0 saturated heterocycles. The van der Waals surface area contributed by atoms with E-state index in [1.807, 2.05) is 0 Å². The lowest BCUT2D eigenvalue weighted by atomic mass is 10.1. The maximum Gasteiger partial charge on any atom is 0.321 e. The molecule has 0 aliphatic rings. The molecular weight excluding hydrogens is 321 g/mol. The summed E-state index contributed by atoms with van der Waals surface area (Å²) in [6, 6.07) is 2.38. The molecule has 0 radical (unpaired) electrons. The fourth-order valence-electron chi connectivity index (χ4n) is 2.31. The molecule has 1 aromatic carbocycles. The Morgan fingerprint density at radius 1 is 0.870 bits per heavy atom. The summed E-state index contributed by atoms with van der Waals surface area (Å²) in [6.45, 7) is 5.59. The monoisotopic (exact) mass is 348 g/mol. The predicted octanol–water partition coefficient (Wildman–Crippen LogP) is 4.89. The van der Waals surface area contributed by atoms with Gasteiger partial charge < -0.3 is 8.85 Å². The molecule has 23 heavy (non-hydrogen) atoms. The van der Waals surface area contributed by atoms with E-state index >= 15 is 0 Å². The highest BCUT2D eigenvalue weighted by Crippen LogP contribution is 2.18. The van der Waals surface area contributed by atoms with Gasteiger partial charge in [-0.3, -0.25) is 0 Å². The molecule has 0 spiro atoms. The highest BCUT2D eigenvalue weighted by molar-refractivity contribution is 6.44. The molecule has 0 amide bonds.